The number of nitrogens with zero attached hydrogens (tertiary/aromatic N) is 3. The summed E-state index contributed by atoms with van der Waals surface area (Å²) in [6.45, 7) is 3.78. The summed E-state index contributed by atoms with van der Waals surface area (Å²) in [6, 6.07) is 8.13. The standard InChI is InChI=1S/C22H31N5O2/c1-3-23-22(25-18-9-6-7-10-18)24-16-8-4-5-11-20-26-21(27-29-20)17-12-14-19(28-2)15-13-17/h6-7,12-15,18H,3-5,8-11,16H2,1-2H3,(H2,23,24,25). The highest BCUT2D eigenvalue weighted by atomic mass is 16.5. The number of hydrogen-bond acceptors (Lipinski definition) is 5. The summed E-state index contributed by atoms with van der Waals surface area (Å²) in [5, 5.41) is 10.9. The average molecular weight is 398 g/mol. The van der Waals surface area contributed by atoms with Crippen LogP contribution in [0.25, 0.3) is 11.4 Å². The van der Waals surface area contributed by atoms with Crippen LogP contribution in [0.2, 0.25) is 0 Å². The Balaban J connectivity index is 1.37. The molecule has 0 spiro atoms. The summed E-state index contributed by atoms with van der Waals surface area (Å²) >= 11 is 0. The molecule has 2 aromatic rings. The van der Waals surface area contributed by atoms with Crippen LogP contribution in [0, 0.1) is 0 Å². The van der Waals surface area contributed by atoms with Gasteiger partial charge in [-0.25, -0.2) is 0 Å². The maximum Gasteiger partial charge on any atom is 0.226 e. The Morgan fingerprint density at radius 2 is 1.97 bits per heavy atom. The third-order valence-electron chi connectivity index (χ3n) is 4.83. The van der Waals surface area contributed by atoms with Crippen molar-refractivity contribution in [2.24, 2.45) is 4.99 Å². The number of benzene rings is 1. The van der Waals surface area contributed by atoms with E-state index in [9.17, 15) is 0 Å². The molecule has 29 heavy (non-hydrogen) atoms. The van der Waals surface area contributed by atoms with Gasteiger partial charge in [-0.05, 0) is 56.9 Å². The van der Waals surface area contributed by atoms with Crippen molar-refractivity contribution < 1.29 is 9.26 Å². The molecule has 1 aromatic heterocycles. The van der Waals surface area contributed by atoms with Crippen LogP contribution in [0.3, 0.4) is 0 Å². The number of unbranched alkanes of at least 4 members (excludes halogenated alkanes) is 2. The summed E-state index contributed by atoms with van der Waals surface area (Å²) in [4.78, 5) is 9.18. The molecule has 1 aliphatic rings. The first-order valence-corrected chi connectivity index (χ1v) is 10.5. The molecule has 0 saturated carbocycles. The van der Waals surface area contributed by atoms with Gasteiger partial charge < -0.3 is 19.9 Å². The lowest BCUT2D eigenvalue weighted by Gasteiger charge is -2.16. The van der Waals surface area contributed by atoms with Crippen LogP contribution in [0.1, 0.15) is 44.9 Å². The van der Waals surface area contributed by atoms with E-state index in [1.54, 1.807) is 7.11 Å². The number of hydrogen-bond donors (Lipinski definition) is 2. The minimum atomic E-state index is 0.477. The Morgan fingerprint density at radius 3 is 2.69 bits per heavy atom. The maximum absolute atomic E-state index is 5.38. The lowest BCUT2D eigenvalue weighted by atomic mass is 10.2. The molecular formula is C22H31N5O2. The molecule has 3 rings (SSSR count). The van der Waals surface area contributed by atoms with Crippen molar-refractivity contribution in [2.75, 3.05) is 20.2 Å². The number of ether oxygens (including phenoxy) is 1. The van der Waals surface area contributed by atoms with E-state index in [-0.39, 0.29) is 0 Å². The van der Waals surface area contributed by atoms with E-state index < -0.39 is 0 Å². The molecule has 2 N–H and O–H groups in total. The van der Waals surface area contributed by atoms with Crippen LogP contribution < -0.4 is 15.4 Å². The van der Waals surface area contributed by atoms with Crippen LogP contribution in [0.5, 0.6) is 5.75 Å². The largest absolute Gasteiger partial charge is 0.497 e. The van der Waals surface area contributed by atoms with Crippen molar-refractivity contribution in [3.8, 4) is 17.1 Å². The summed E-state index contributed by atoms with van der Waals surface area (Å²) in [7, 11) is 1.65. The van der Waals surface area contributed by atoms with E-state index in [2.05, 4.69) is 44.8 Å². The Hall–Kier alpha value is -2.83. The number of methoxy groups -OCH3 is 1. The maximum atomic E-state index is 5.38. The van der Waals surface area contributed by atoms with Crippen molar-refractivity contribution in [3.63, 3.8) is 0 Å². The van der Waals surface area contributed by atoms with Gasteiger partial charge >= 0.3 is 0 Å². The number of guanidine groups is 1. The van der Waals surface area contributed by atoms with Crippen molar-refractivity contribution in [1.82, 2.24) is 20.8 Å². The summed E-state index contributed by atoms with van der Waals surface area (Å²) in [5.74, 6) is 3.04. The average Bonchev–Trinajstić information content (AvgIpc) is 3.43. The molecule has 0 unspecified atom stereocenters. The third kappa shape index (κ3) is 6.62. The minimum absolute atomic E-state index is 0.477. The number of nitrogens with one attached hydrogen (secondary N) is 2. The van der Waals surface area contributed by atoms with E-state index in [1.165, 1.54) is 0 Å². The monoisotopic (exact) mass is 397 g/mol. The molecule has 1 heterocycles. The van der Waals surface area contributed by atoms with Crippen LogP contribution in [0.4, 0.5) is 0 Å². The molecular weight excluding hydrogens is 366 g/mol. The summed E-state index contributed by atoms with van der Waals surface area (Å²) in [6.07, 6.45) is 10.5. The fraction of sp³-hybridized carbons (Fsp3) is 0.500. The number of aromatic nitrogens is 2. The van der Waals surface area contributed by atoms with Crippen LogP contribution in [-0.4, -0.2) is 42.3 Å². The van der Waals surface area contributed by atoms with Gasteiger partial charge in [0.05, 0.1) is 7.11 Å². The predicted octanol–water partition coefficient (Wildman–Crippen LogP) is 3.73. The van der Waals surface area contributed by atoms with Gasteiger partial charge in [0.15, 0.2) is 5.96 Å². The first kappa shape index (κ1) is 20.9. The van der Waals surface area contributed by atoms with Crippen molar-refractivity contribution >= 4 is 5.96 Å². The molecule has 0 saturated heterocycles. The zero-order valence-electron chi connectivity index (χ0n) is 17.4. The Bertz CT molecular complexity index is 790. The zero-order valence-corrected chi connectivity index (χ0v) is 17.4. The van der Waals surface area contributed by atoms with E-state index in [0.29, 0.717) is 17.8 Å². The van der Waals surface area contributed by atoms with Gasteiger partial charge in [-0.2, -0.15) is 4.98 Å². The lowest BCUT2D eigenvalue weighted by Crippen LogP contribution is -2.42. The number of rotatable bonds is 10. The number of aliphatic imine (C=N–C) groups is 1. The predicted molar refractivity (Wildman–Crippen MR) is 115 cm³/mol. The fourth-order valence-corrected chi connectivity index (χ4v) is 3.22. The molecule has 7 heteroatoms. The Kier molecular flexibility index (Phi) is 8.10. The molecule has 0 aliphatic heterocycles. The molecule has 0 radical (unpaired) electrons. The molecule has 1 aromatic carbocycles. The van der Waals surface area contributed by atoms with Gasteiger partial charge in [-0.1, -0.05) is 23.7 Å². The second kappa shape index (κ2) is 11.2. The molecule has 7 nitrogen and oxygen atoms in total. The highest BCUT2D eigenvalue weighted by Crippen LogP contribution is 2.20. The van der Waals surface area contributed by atoms with Gasteiger partial charge in [0.1, 0.15) is 5.75 Å². The van der Waals surface area contributed by atoms with Crippen LogP contribution in [0.15, 0.2) is 45.9 Å². The Morgan fingerprint density at radius 1 is 1.17 bits per heavy atom. The Labute approximate surface area is 172 Å². The SMILES string of the molecule is CCNC(=NCCCCCc1nc(-c2ccc(OC)cc2)no1)NC1CC=CC1. The molecule has 1 aliphatic carbocycles. The summed E-state index contributed by atoms with van der Waals surface area (Å²) < 4.78 is 10.6. The molecule has 156 valence electrons. The van der Waals surface area contributed by atoms with Gasteiger partial charge in [0, 0.05) is 31.1 Å². The van der Waals surface area contributed by atoms with Gasteiger partial charge in [-0.3, -0.25) is 4.99 Å². The van der Waals surface area contributed by atoms with E-state index in [0.717, 1.165) is 68.9 Å². The van der Waals surface area contributed by atoms with E-state index in [1.807, 2.05) is 24.3 Å². The zero-order chi connectivity index (χ0) is 20.3. The lowest BCUT2D eigenvalue weighted by molar-refractivity contribution is 0.374. The van der Waals surface area contributed by atoms with Gasteiger partial charge in [0.2, 0.25) is 11.7 Å². The highest BCUT2D eigenvalue weighted by molar-refractivity contribution is 5.80. The normalized spacial score (nSPS) is 14.3. The molecule has 0 amide bonds. The molecule has 0 bridgehead atoms. The quantitative estimate of drug-likeness (QED) is 0.275. The van der Waals surface area contributed by atoms with Gasteiger partial charge in [-0.15, -0.1) is 0 Å². The smallest absolute Gasteiger partial charge is 0.226 e. The van der Waals surface area contributed by atoms with Crippen LogP contribution >= 0.6 is 0 Å². The highest BCUT2D eigenvalue weighted by Gasteiger charge is 2.11. The first-order chi connectivity index (χ1) is 14.3. The van der Waals surface area contributed by atoms with E-state index >= 15 is 0 Å². The first-order valence-electron chi connectivity index (χ1n) is 10.5. The fourth-order valence-electron chi connectivity index (χ4n) is 3.22. The van der Waals surface area contributed by atoms with Gasteiger partial charge in [0.25, 0.3) is 0 Å². The van der Waals surface area contributed by atoms with Crippen LogP contribution in [-0.2, 0) is 6.42 Å². The second-order valence-electron chi connectivity index (χ2n) is 7.10. The second-order valence-corrected chi connectivity index (χ2v) is 7.10. The van der Waals surface area contributed by atoms with Crippen molar-refractivity contribution in [1.29, 1.82) is 0 Å². The number of aryl methyl sites for hydroxylation is 1. The van der Waals surface area contributed by atoms with Crippen molar-refractivity contribution in [2.45, 2.75) is 51.5 Å². The molecule has 0 atom stereocenters. The molecule has 0 fully saturated rings. The minimum Gasteiger partial charge on any atom is -0.497 e. The topological polar surface area (TPSA) is 84.6 Å². The third-order valence-corrected chi connectivity index (χ3v) is 4.83. The summed E-state index contributed by atoms with van der Waals surface area (Å²) in [5.41, 5.74) is 0.927. The van der Waals surface area contributed by atoms with Crippen molar-refractivity contribution in [3.05, 3.63) is 42.3 Å². The van der Waals surface area contributed by atoms with E-state index in [4.69, 9.17) is 9.26 Å².